The second-order valence-corrected chi connectivity index (χ2v) is 6.64. The molecule has 0 saturated carbocycles. The van der Waals surface area contributed by atoms with Crippen molar-refractivity contribution < 1.29 is 4.79 Å². The normalized spacial score (nSPS) is 17.2. The van der Waals surface area contributed by atoms with Crippen molar-refractivity contribution in [2.75, 3.05) is 26.2 Å². The number of aryl methyl sites for hydroxylation is 1. The maximum absolute atomic E-state index is 11.7. The standard InChI is InChI=1S/C16H26N2OS/c1-14-5-10-18(11-6-14)9-2-8-17-16(19)4-3-15-7-12-20-13-15/h7,12-14H,2-6,8-11H2,1H3,(H,17,19). The molecule has 20 heavy (non-hydrogen) atoms. The van der Waals surface area contributed by atoms with E-state index in [1.54, 1.807) is 11.3 Å². The number of rotatable bonds is 7. The smallest absolute Gasteiger partial charge is 0.220 e. The molecule has 1 aromatic rings. The molecule has 1 saturated heterocycles. The van der Waals surface area contributed by atoms with Crippen LogP contribution in [0.25, 0.3) is 0 Å². The summed E-state index contributed by atoms with van der Waals surface area (Å²) in [6, 6.07) is 2.09. The van der Waals surface area contributed by atoms with E-state index in [0.29, 0.717) is 6.42 Å². The highest BCUT2D eigenvalue weighted by Crippen LogP contribution is 2.15. The van der Waals surface area contributed by atoms with Crippen LogP contribution in [0, 0.1) is 5.92 Å². The Balaban J connectivity index is 1.49. The Labute approximate surface area is 126 Å². The molecule has 3 nitrogen and oxygen atoms in total. The van der Waals surface area contributed by atoms with Crippen molar-refractivity contribution in [1.29, 1.82) is 0 Å². The van der Waals surface area contributed by atoms with Gasteiger partial charge in [-0.2, -0.15) is 11.3 Å². The highest BCUT2D eigenvalue weighted by Gasteiger charge is 2.14. The van der Waals surface area contributed by atoms with E-state index in [9.17, 15) is 4.79 Å². The fraction of sp³-hybridized carbons (Fsp3) is 0.688. The van der Waals surface area contributed by atoms with Gasteiger partial charge in [-0.05, 0) is 73.6 Å². The molecule has 0 radical (unpaired) electrons. The highest BCUT2D eigenvalue weighted by molar-refractivity contribution is 7.07. The minimum atomic E-state index is 0.184. The van der Waals surface area contributed by atoms with Gasteiger partial charge in [0, 0.05) is 13.0 Å². The van der Waals surface area contributed by atoms with Gasteiger partial charge in [-0.3, -0.25) is 4.79 Å². The largest absolute Gasteiger partial charge is 0.356 e. The number of piperidine rings is 1. The van der Waals surface area contributed by atoms with Crippen LogP contribution >= 0.6 is 11.3 Å². The molecule has 1 N–H and O–H groups in total. The van der Waals surface area contributed by atoms with Crippen molar-refractivity contribution in [2.45, 2.75) is 39.0 Å². The van der Waals surface area contributed by atoms with Crippen LogP contribution in [0.1, 0.15) is 38.2 Å². The number of carbonyl (C=O) groups excluding carboxylic acids is 1. The maximum atomic E-state index is 11.7. The lowest BCUT2D eigenvalue weighted by atomic mass is 9.99. The topological polar surface area (TPSA) is 32.3 Å². The van der Waals surface area contributed by atoms with Crippen LogP contribution in [0.4, 0.5) is 0 Å². The third kappa shape index (κ3) is 5.63. The minimum Gasteiger partial charge on any atom is -0.356 e. The number of nitrogens with zero attached hydrogens (tertiary/aromatic N) is 1. The predicted octanol–water partition coefficient (Wildman–Crippen LogP) is 2.92. The lowest BCUT2D eigenvalue weighted by Crippen LogP contribution is -2.35. The van der Waals surface area contributed by atoms with Crippen molar-refractivity contribution >= 4 is 17.2 Å². The number of likely N-dealkylation sites (tertiary alicyclic amines) is 1. The Bertz CT molecular complexity index is 383. The molecule has 1 aliphatic heterocycles. The second kappa shape index (κ2) is 8.42. The van der Waals surface area contributed by atoms with Crippen LogP contribution in [-0.4, -0.2) is 37.0 Å². The number of hydrogen-bond donors (Lipinski definition) is 1. The third-order valence-electron chi connectivity index (χ3n) is 4.07. The Morgan fingerprint density at radius 1 is 1.45 bits per heavy atom. The number of hydrogen-bond acceptors (Lipinski definition) is 3. The molecule has 1 amide bonds. The first kappa shape index (κ1) is 15.5. The van der Waals surface area contributed by atoms with Crippen molar-refractivity contribution in [3.63, 3.8) is 0 Å². The van der Waals surface area contributed by atoms with Gasteiger partial charge < -0.3 is 10.2 Å². The Hall–Kier alpha value is -0.870. The summed E-state index contributed by atoms with van der Waals surface area (Å²) in [5.74, 6) is 1.08. The first-order valence-electron chi connectivity index (χ1n) is 7.74. The van der Waals surface area contributed by atoms with E-state index in [1.165, 1.54) is 31.5 Å². The highest BCUT2D eigenvalue weighted by atomic mass is 32.1. The van der Waals surface area contributed by atoms with E-state index in [-0.39, 0.29) is 5.91 Å². The molecule has 0 spiro atoms. The van der Waals surface area contributed by atoms with Crippen LogP contribution < -0.4 is 5.32 Å². The molecule has 0 aromatic carbocycles. The van der Waals surface area contributed by atoms with Crippen LogP contribution in [0.5, 0.6) is 0 Å². The van der Waals surface area contributed by atoms with Crippen molar-refractivity contribution in [3.05, 3.63) is 22.4 Å². The van der Waals surface area contributed by atoms with Crippen LogP contribution in [0.2, 0.25) is 0 Å². The monoisotopic (exact) mass is 294 g/mol. The minimum absolute atomic E-state index is 0.184. The van der Waals surface area contributed by atoms with Gasteiger partial charge in [-0.25, -0.2) is 0 Å². The molecule has 4 heteroatoms. The number of amides is 1. The Kier molecular flexibility index (Phi) is 6.54. The van der Waals surface area contributed by atoms with Crippen LogP contribution in [0.15, 0.2) is 16.8 Å². The molecule has 0 unspecified atom stereocenters. The SMILES string of the molecule is CC1CCN(CCCNC(=O)CCc2ccsc2)CC1. The predicted molar refractivity (Wildman–Crippen MR) is 85.1 cm³/mol. The first-order valence-corrected chi connectivity index (χ1v) is 8.68. The summed E-state index contributed by atoms with van der Waals surface area (Å²) < 4.78 is 0. The summed E-state index contributed by atoms with van der Waals surface area (Å²) in [6.07, 6.45) is 5.19. The van der Waals surface area contributed by atoms with Gasteiger partial charge in [0.25, 0.3) is 0 Å². The van der Waals surface area contributed by atoms with E-state index in [1.807, 2.05) is 0 Å². The average Bonchev–Trinajstić information content (AvgIpc) is 2.96. The molecule has 1 aliphatic rings. The van der Waals surface area contributed by atoms with Gasteiger partial charge in [0.1, 0.15) is 0 Å². The zero-order valence-corrected chi connectivity index (χ0v) is 13.3. The van der Waals surface area contributed by atoms with Crippen LogP contribution in [-0.2, 0) is 11.2 Å². The first-order chi connectivity index (χ1) is 9.74. The summed E-state index contributed by atoms with van der Waals surface area (Å²) in [5.41, 5.74) is 1.27. The number of carbonyl (C=O) groups is 1. The summed E-state index contributed by atoms with van der Waals surface area (Å²) in [6.45, 7) is 6.73. The summed E-state index contributed by atoms with van der Waals surface area (Å²) in [4.78, 5) is 14.2. The molecule has 2 heterocycles. The average molecular weight is 294 g/mol. The molecule has 0 atom stereocenters. The summed E-state index contributed by atoms with van der Waals surface area (Å²) >= 11 is 1.69. The number of nitrogens with one attached hydrogen (secondary N) is 1. The van der Waals surface area contributed by atoms with Crippen molar-refractivity contribution in [3.8, 4) is 0 Å². The van der Waals surface area contributed by atoms with Crippen molar-refractivity contribution in [1.82, 2.24) is 10.2 Å². The zero-order valence-electron chi connectivity index (χ0n) is 12.4. The van der Waals surface area contributed by atoms with Crippen LogP contribution in [0.3, 0.4) is 0 Å². The second-order valence-electron chi connectivity index (χ2n) is 5.86. The molecule has 1 aromatic heterocycles. The molecule has 0 bridgehead atoms. The molecule has 1 fully saturated rings. The van der Waals surface area contributed by atoms with E-state index in [2.05, 4.69) is 34.0 Å². The fourth-order valence-electron chi connectivity index (χ4n) is 2.60. The van der Waals surface area contributed by atoms with E-state index >= 15 is 0 Å². The molecule has 0 aliphatic carbocycles. The molecule has 112 valence electrons. The molecular weight excluding hydrogens is 268 g/mol. The van der Waals surface area contributed by atoms with Crippen molar-refractivity contribution in [2.24, 2.45) is 5.92 Å². The summed E-state index contributed by atoms with van der Waals surface area (Å²) in [5, 5.41) is 7.21. The summed E-state index contributed by atoms with van der Waals surface area (Å²) in [7, 11) is 0. The van der Waals surface area contributed by atoms with Gasteiger partial charge in [0.05, 0.1) is 0 Å². The van der Waals surface area contributed by atoms with E-state index in [0.717, 1.165) is 31.8 Å². The van der Waals surface area contributed by atoms with Gasteiger partial charge in [-0.15, -0.1) is 0 Å². The maximum Gasteiger partial charge on any atom is 0.220 e. The van der Waals surface area contributed by atoms with E-state index < -0.39 is 0 Å². The Morgan fingerprint density at radius 2 is 2.25 bits per heavy atom. The van der Waals surface area contributed by atoms with E-state index in [4.69, 9.17) is 0 Å². The quantitative estimate of drug-likeness (QED) is 0.784. The fourth-order valence-corrected chi connectivity index (χ4v) is 3.30. The Morgan fingerprint density at radius 3 is 2.95 bits per heavy atom. The molecule has 2 rings (SSSR count). The lowest BCUT2D eigenvalue weighted by molar-refractivity contribution is -0.121. The third-order valence-corrected chi connectivity index (χ3v) is 4.80. The molecular formula is C16H26N2OS. The number of thiophene rings is 1. The van der Waals surface area contributed by atoms with Gasteiger partial charge in [-0.1, -0.05) is 6.92 Å². The zero-order chi connectivity index (χ0) is 14.2. The lowest BCUT2D eigenvalue weighted by Gasteiger charge is -2.30. The van der Waals surface area contributed by atoms with Gasteiger partial charge in [0.2, 0.25) is 5.91 Å². The van der Waals surface area contributed by atoms with Gasteiger partial charge >= 0.3 is 0 Å². The van der Waals surface area contributed by atoms with Gasteiger partial charge in [0.15, 0.2) is 0 Å².